The van der Waals surface area contributed by atoms with Gasteiger partial charge in [0, 0.05) is 24.5 Å². The summed E-state index contributed by atoms with van der Waals surface area (Å²) in [4.78, 5) is 2.22. The molecule has 1 aliphatic heterocycles. The average molecular weight is 344 g/mol. The van der Waals surface area contributed by atoms with Crippen molar-refractivity contribution in [2.75, 3.05) is 35.9 Å². The van der Waals surface area contributed by atoms with E-state index in [1.54, 1.807) is 18.2 Å². The minimum absolute atomic E-state index is 0.546. The number of hydrogen-bond donors (Lipinski definition) is 1. The Bertz CT molecular complexity index is 781. The van der Waals surface area contributed by atoms with Crippen LogP contribution in [0.3, 0.4) is 0 Å². The smallest absolute Gasteiger partial charge is 0.255 e. The zero-order valence-electron chi connectivity index (χ0n) is 13.3. The first-order valence-corrected chi connectivity index (χ1v) is 9.36. The van der Waals surface area contributed by atoms with Crippen molar-refractivity contribution in [1.82, 2.24) is 0 Å². The molecule has 2 aromatic carbocycles. The van der Waals surface area contributed by atoms with Crippen molar-refractivity contribution >= 4 is 27.5 Å². The Morgan fingerprint density at radius 1 is 0.958 bits per heavy atom. The van der Waals surface area contributed by atoms with Crippen LogP contribution in [0.4, 0.5) is 11.4 Å². The fourth-order valence-electron chi connectivity index (χ4n) is 2.49. The number of nitrogens with one attached hydrogen (secondary N) is 1. The van der Waals surface area contributed by atoms with E-state index >= 15 is 0 Å². The number of nitrogens with zero attached hydrogens (tertiary/aromatic N) is 1. The van der Waals surface area contributed by atoms with Gasteiger partial charge in [0.05, 0.1) is 18.6 Å². The lowest BCUT2D eigenvalue weighted by molar-refractivity contribution is 0.122. The second kappa shape index (κ2) is 7.51. The van der Waals surface area contributed by atoms with Crippen LogP contribution in [0, 0.1) is 0 Å². The van der Waals surface area contributed by atoms with Crippen LogP contribution in [0.2, 0.25) is 0 Å². The topological polar surface area (TPSA) is 58.6 Å². The van der Waals surface area contributed by atoms with E-state index < -0.39 is 10.0 Å². The molecule has 0 amide bonds. The van der Waals surface area contributed by atoms with Gasteiger partial charge < -0.3 is 9.64 Å². The Kier molecular flexibility index (Phi) is 5.17. The van der Waals surface area contributed by atoms with Gasteiger partial charge in [-0.2, -0.15) is 0 Å². The number of benzene rings is 2. The molecule has 1 heterocycles. The molecular formula is C18H20N2O3S. The molecule has 126 valence electrons. The zero-order chi connectivity index (χ0) is 16.8. The molecule has 24 heavy (non-hydrogen) atoms. The van der Waals surface area contributed by atoms with Gasteiger partial charge in [-0.25, -0.2) is 8.42 Å². The van der Waals surface area contributed by atoms with Crippen LogP contribution in [0.1, 0.15) is 5.56 Å². The standard InChI is InChI=1S/C18H20N2O3S/c21-24(22,15-10-16-4-2-1-3-5-16)19-17-6-8-18(9-7-17)20-11-13-23-14-12-20/h1-10,15,19H,11-14H2. The van der Waals surface area contributed by atoms with Gasteiger partial charge in [0.2, 0.25) is 0 Å². The summed E-state index contributed by atoms with van der Waals surface area (Å²) in [5, 5.41) is 1.18. The Morgan fingerprint density at radius 3 is 2.29 bits per heavy atom. The number of anilines is 2. The third-order valence-corrected chi connectivity index (χ3v) is 4.76. The highest BCUT2D eigenvalue weighted by molar-refractivity contribution is 7.95. The van der Waals surface area contributed by atoms with Gasteiger partial charge in [0.15, 0.2) is 0 Å². The van der Waals surface area contributed by atoms with Crippen molar-refractivity contribution in [2.45, 2.75) is 0 Å². The van der Waals surface area contributed by atoms with Crippen molar-refractivity contribution in [3.8, 4) is 0 Å². The second-order valence-electron chi connectivity index (χ2n) is 5.51. The van der Waals surface area contributed by atoms with Crippen LogP contribution >= 0.6 is 0 Å². The van der Waals surface area contributed by atoms with Crippen LogP contribution in [-0.4, -0.2) is 34.7 Å². The third-order valence-electron chi connectivity index (χ3n) is 3.74. The maximum Gasteiger partial charge on any atom is 0.255 e. The quantitative estimate of drug-likeness (QED) is 0.906. The van der Waals surface area contributed by atoms with Gasteiger partial charge in [-0.05, 0) is 35.9 Å². The highest BCUT2D eigenvalue weighted by Crippen LogP contribution is 2.20. The minimum Gasteiger partial charge on any atom is -0.378 e. The first-order chi connectivity index (χ1) is 11.6. The molecule has 0 bridgehead atoms. The number of rotatable bonds is 5. The van der Waals surface area contributed by atoms with Crippen LogP contribution < -0.4 is 9.62 Å². The summed E-state index contributed by atoms with van der Waals surface area (Å²) in [5.41, 5.74) is 2.45. The second-order valence-corrected chi connectivity index (χ2v) is 7.07. The van der Waals surface area contributed by atoms with E-state index in [9.17, 15) is 8.42 Å². The van der Waals surface area contributed by atoms with E-state index in [4.69, 9.17) is 4.74 Å². The highest BCUT2D eigenvalue weighted by atomic mass is 32.2. The van der Waals surface area contributed by atoms with Gasteiger partial charge in [-0.3, -0.25) is 4.72 Å². The molecule has 0 spiro atoms. The monoisotopic (exact) mass is 344 g/mol. The minimum atomic E-state index is -3.53. The molecule has 0 radical (unpaired) electrons. The molecule has 0 atom stereocenters. The lowest BCUT2D eigenvalue weighted by Gasteiger charge is -2.28. The molecule has 0 aliphatic carbocycles. The molecule has 1 N–H and O–H groups in total. The van der Waals surface area contributed by atoms with Crippen LogP contribution in [0.25, 0.3) is 6.08 Å². The average Bonchev–Trinajstić information content (AvgIpc) is 2.62. The predicted octanol–water partition coefficient (Wildman–Crippen LogP) is 2.94. The van der Waals surface area contributed by atoms with Gasteiger partial charge in [-0.15, -0.1) is 0 Å². The highest BCUT2D eigenvalue weighted by Gasteiger charge is 2.11. The molecule has 0 unspecified atom stereocenters. The summed E-state index contributed by atoms with van der Waals surface area (Å²) in [6.07, 6.45) is 1.57. The molecular weight excluding hydrogens is 324 g/mol. The third kappa shape index (κ3) is 4.59. The van der Waals surface area contributed by atoms with E-state index in [1.807, 2.05) is 42.5 Å². The summed E-state index contributed by atoms with van der Waals surface area (Å²) < 4.78 is 32.2. The van der Waals surface area contributed by atoms with Crippen molar-refractivity contribution in [1.29, 1.82) is 0 Å². The molecule has 6 heteroatoms. The molecule has 5 nitrogen and oxygen atoms in total. The number of sulfonamides is 1. The SMILES string of the molecule is O=S(=O)(C=Cc1ccccc1)Nc1ccc(N2CCOCC2)cc1. The first kappa shape index (κ1) is 16.5. The zero-order valence-corrected chi connectivity index (χ0v) is 14.1. The van der Waals surface area contributed by atoms with Crippen molar-refractivity contribution < 1.29 is 13.2 Å². The molecule has 1 aliphatic rings. The van der Waals surface area contributed by atoms with Gasteiger partial charge in [-0.1, -0.05) is 30.3 Å². The lowest BCUT2D eigenvalue weighted by Crippen LogP contribution is -2.36. The summed E-state index contributed by atoms with van der Waals surface area (Å²) in [5.74, 6) is 0. The van der Waals surface area contributed by atoms with E-state index in [-0.39, 0.29) is 0 Å². The fourth-order valence-corrected chi connectivity index (χ4v) is 3.36. The van der Waals surface area contributed by atoms with Crippen molar-refractivity contribution in [3.05, 3.63) is 65.6 Å². The summed E-state index contributed by atoms with van der Waals surface area (Å²) in [6, 6.07) is 16.7. The molecule has 1 fully saturated rings. The number of ether oxygens (including phenoxy) is 1. The first-order valence-electron chi connectivity index (χ1n) is 7.81. The Balaban J connectivity index is 1.65. The Morgan fingerprint density at radius 2 is 1.62 bits per heavy atom. The fraction of sp³-hybridized carbons (Fsp3) is 0.222. The van der Waals surface area contributed by atoms with Crippen LogP contribution in [-0.2, 0) is 14.8 Å². The number of hydrogen-bond acceptors (Lipinski definition) is 4. The number of morpholine rings is 1. The van der Waals surface area contributed by atoms with E-state index in [0.29, 0.717) is 5.69 Å². The molecule has 0 saturated carbocycles. The Labute approximate surface area is 142 Å². The molecule has 2 aromatic rings. The van der Waals surface area contributed by atoms with E-state index in [1.165, 1.54) is 5.41 Å². The van der Waals surface area contributed by atoms with Gasteiger partial charge >= 0.3 is 0 Å². The van der Waals surface area contributed by atoms with E-state index in [0.717, 1.165) is 37.6 Å². The van der Waals surface area contributed by atoms with Crippen LogP contribution in [0.15, 0.2) is 60.0 Å². The molecule has 0 aromatic heterocycles. The largest absolute Gasteiger partial charge is 0.378 e. The summed E-state index contributed by atoms with van der Waals surface area (Å²) in [7, 11) is -3.53. The van der Waals surface area contributed by atoms with Crippen molar-refractivity contribution in [3.63, 3.8) is 0 Å². The molecule has 1 saturated heterocycles. The maximum atomic E-state index is 12.1. The predicted molar refractivity (Wildman–Crippen MR) is 97.5 cm³/mol. The molecule has 3 rings (SSSR count). The Hall–Kier alpha value is -2.31. The normalized spacial score (nSPS) is 15.6. The maximum absolute atomic E-state index is 12.1. The summed E-state index contributed by atoms with van der Waals surface area (Å²) >= 11 is 0. The van der Waals surface area contributed by atoms with Crippen molar-refractivity contribution in [2.24, 2.45) is 0 Å². The lowest BCUT2D eigenvalue weighted by atomic mass is 10.2. The van der Waals surface area contributed by atoms with Gasteiger partial charge in [0.1, 0.15) is 0 Å². The van der Waals surface area contributed by atoms with Gasteiger partial charge in [0.25, 0.3) is 10.0 Å². The van der Waals surface area contributed by atoms with Crippen LogP contribution in [0.5, 0.6) is 0 Å². The summed E-state index contributed by atoms with van der Waals surface area (Å²) in [6.45, 7) is 3.15. The van der Waals surface area contributed by atoms with E-state index in [2.05, 4.69) is 9.62 Å².